The molecule has 2 heterocycles. The summed E-state index contributed by atoms with van der Waals surface area (Å²) in [6, 6.07) is 3.84. The van der Waals surface area contributed by atoms with Gasteiger partial charge in [-0.1, -0.05) is 6.92 Å². The van der Waals surface area contributed by atoms with E-state index in [1.54, 1.807) is 6.26 Å². The Morgan fingerprint density at radius 1 is 1.41 bits per heavy atom. The van der Waals surface area contributed by atoms with Crippen LogP contribution in [-0.2, 0) is 6.42 Å². The predicted molar refractivity (Wildman–Crippen MR) is 67.9 cm³/mol. The molecule has 1 N–H and O–H groups in total. The van der Waals surface area contributed by atoms with Crippen LogP contribution in [0, 0.1) is 0 Å². The molecule has 1 aliphatic heterocycles. The number of furan rings is 1. The first-order valence-electron chi connectivity index (χ1n) is 6.69. The first kappa shape index (κ1) is 12.7. The van der Waals surface area contributed by atoms with Gasteiger partial charge < -0.3 is 14.4 Å². The number of rotatable bonds is 4. The van der Waals surface area contributed by atoms with E-state index in [0.717, 1.165) is 44.7 Å². The van der Waals surface area contributed by atoms with Gasteiger partial charge >= 0.3 is 0 Å². The van der Waals surface area contributed by atoms with Crippen LogP contribution in [0.25, 0.3) is 0 Å². The van der Waals surface area contributed by atoms with Gasteiger partial charge in [0.2, 0.25) is 0 Å². The van der Waals surface area contributed by atoms with Crippen molar-refractivity contribution < 1.29 is 9.52 Å². The van der Waals surface area contributed by atoms with Gasteiger partial charge in [0, 0.05) is 13.0 Å². The van der Waals surface area contributed by atoms with E-state index in [1.165, 1.54) is 6.42 Å². The third-order valence-electron chi connectivity index (χ3n) is 3.63. The minimum Gasteiger partial charge on any atom is -0.469 e. The zero-order valence-electron chi connectivity index (χ0n) is 10.7. The molecule has 0 amide bonds. The first-order chi connectivity index (χ1) is 8.22. The van der Waals surface area contributed by atoms with E-state index < -0.39 is 5.60 Å². The Balaban J connectivity index is 1.92. The van der Waals surface area contributed by atoms with Crippen LogP contribution in [0.4, 0.5) is 0 Å². The molecule has 3 nitrogen and oxygen atoms in total. The van der Waals surface area contributed by atoms with Crippen LogP contribution in [0.3, 0.4) is 0 Å². The second-order valence-electron chi connectivity index (χ2n) is 5.18. The summed E-state index contributed by atoms with van der Waals surface area (Å²) in [6.07, 6.45) is 6.34. The van der Waals surface area contributed by atoms with Crippen molar-refractivity contribution in [2.24, 2.45) is 0 Å². The van der Waals surface area contributed by atoms with E-state index in [9.17, 15) is 5.11 Å². The van der Waals surface area contributed by atoms with Gasteiger partial charge in [-0.2, -0.15) is 0 Å². The minimum absolute atomic E-state index is 0.569. The quantitative estimate of drug-likeness (QED) is 0.874. The Hall–Kier alpha value is -0.800. The van der Waals surface area contributed by atoms with Crippen molar-refractivity contribution in [2.75, 3.05) is 19.6 Å². The molecule has 2 rings (SSSR count). The van der Waals surface area contributed by atoms with Crippen molar-refractivity contribution >= 4 is 0 Å². The van der Waals surface area contributed by atoms with Crippen molar-refractivity contribution in [1.29, 1.82) is 0 Å². The molecular formula is C14H23NO2. The van der Waals surface area contributed by atoms with Crippen LogP contribution in [0.15, 0.2) is 22.8 Å². The van der Waals surface area contributed by atoms with Crippen LogP contribution in [-0.4, -0.2) is 35.2 Å². The normalized spacial score (nSPS) is 26.9. The molecule has 0 aromatic carbocycles. The Labute approximate surface area is 103 Å². The second kappa shape index (κ2) is 5.69. The van der Waals surface area contributed by atoms with Gasteiger partial charge in [0.1, 0.15) is 5.76 Å². The van der Waals surface area contributed by atoms with Gasteiger partial charge in [0.25, 0.3) is 0 Å². The zero-order chi connectivity index (χ0) is 12.1. The molecule has 0 aliphatic carbocycles. The van der Waals surface area contributed by atoms with Gasteiger partial charge in [-0.3, -0.25) is 0 Å². The molecule has 1 unspecified atom stereocenters. The number of likely N-dealkylation sites (tertiary alicyclic amines) is 1. The summed E-state index contributed by atoms with van der Waals surface area (Å²) in [7, 11) is 0. The molecule has 3 heteroatoms. The molecule has 0 bridgehead atoms. The average Bonchev–Trinajstić information content (AvgIpc) is 2.72. The van der Waals surface area contributed by atoms with E-state index >= 15 is 0 Å². The molecule has 17 heavy (non-hydrogen) atoms. The Kier molecular flexibility index (Phi) is 4.24. The highest BCUT2D eigenvalue weighted by Crippen LogP contribution is 2.26. The number of hydrogen-bond donors (Lipinski definition) is 1. The Morgan fingerprint density at radius 3 is 3.00 bits per heavy atom. The van der Waals surface area contributed by atoms with Crippen molar-refractivity contribution in [1.82, 2.24) is 4.90 Å². The van der Waals surface area contributed by atoms with E-state index in [-0.39, 0.29) is 0 Å². The highest BCUT2D eigenvalue weighted by Gasteiger charge is 2.30. The minimum atomic E-state index is -0.569. The van der Waals surface area contributed by atoms with E-state index in [0.29, 0.717) is 6.42 Å². The number of nitrogens with zero attached hydrogens (tertiary/aromatic N) is 1. The summed E-state index contributed by atoms with van der Waals surface area (Å²) >= 11 is 0. The van der Waals surface area contributed by atoms with Gasteiger partial charge in [0.05, 0.1) is 11.9 Å². The van der Waals surface area contributed by atoms with Gasteiger partial charge in [-0.05, 0) is 50.9 Å². The van der Waals surface area contributed by atoms with Crippen molar-refractivity contribution in [3.63, 3.8) is 0 Å². The van der Waals surface area contributed by atoms with Crippen LogP contribution in [0.1, 0.15) is 38.4 Å². The molecule has 96 valence electrons. The smallest absolute Gasteiger partial charge is 0.106 e. The lowest BCUT2D eigenvalue weighted by atomic mass is 9.90. The van der Waals surface area contributed by atoms with Gasteiger partial charge in [0.15, 0.2) is 0 Å². The summed E-state index contributed by atoms with van der Waals surface area (Å²) in [5.74, 6) is 0.899. The Bertz CT molecular complexity index is 323. The Morgan fingerprint density at radius 2 is 2.29 bits per heavy atom. The summed E-state index contributed by atoms with van der Waals surface area (Å²) in [4.78, 5) is 2.46. The third kappa shape index (κ3) is 3.58. The summed E-state index contributed by atoms with van der Waals surface area (Å²) in [5, 5.41) is 10.6. The lowest BCUT2D eigenvalue weighted by Crippen LogP contribution is -2.33. The fourth-order valence-electron chi connectivity index (χ4n) is 2.69. The van der Waals surface area contributed by atoms with Crippen LogP contribution in [0.2, 0.25) is 0 Å². The summed E-state index contributed by atoms with van der Waals surface area (Å²) in [5.41, 5.74) is -0.569. The molecule has 1 aliphatic rings. The lowest BCUT2D eigenvalue weighted by Gasteiger charge is -2.26. The molecule has 1 saturated heterocycles. The summed E-state index contributed by atoms with van der Waals surface area (Å²) < 4.78 is 5.34. The molecule has 0 spiro atoms. The van der Waals surface area contributed by atoms with E-state index in [1.807, 2.05) is 12.1 Å². The van der Waals surface area contributed by atoms with Gasteiger partial charge in [-0.25, -0.2) is 0 Å². The first-order valence-corrected chi connectivity index (χ1v) is 6.69. The predicted octanol–water partition coefficient (Wildman–Crippen LogP) is 2.45. The summed E-state index contributed by atoms with van der Waals surface area (Å²) in [6.45, 7) is 5.48. The fraction of sp³-hybridized carbons (Fsp3) is 0.714. The molecular weight excluding hydrogens is 214 g/mol. The van der Waals surface area contributed by atoms with E-state index in [2.05, 4.69) is 11.8 Å². The standard InChI is InChI=1S/C14H23NO2/c1-2-8-15-9-4-6-14(16,7-10-15)12-13-5-3-11-17-13/h3,5,11,16H,2,4,6-10,12H2,1H3. The zero-order valence-corrected chi connectivity index (χ0v) is 10.7. The maximum Gasteiger partial charge on any atom is 0.106 e. The maximum atomic E-state index is 10.6. The molecule has 1 atom stereocenters. The van der Waals surface area contributed by atoms with Crippen molar-refractivity contribution in [3.05, 3.63) is 24.2 Å². The SMILES string of the molecule is CCCN1CCCC(O)(Cc2ccco2)CC1. The molecule has 1 fully saturated rings. The average molecular weight is 237 g/mol. The molecule has 1 aromatic rings. The lowest BCUT2D eigenvalue weighted by molar-refractivity contribution is 0.0211. The van der Waals surface area contributed by atoms with Crippen LogP contribution < -0.4 is 0 Å². The fourth-order valence-corrected chi connectivity index (χ4v) is 2.69. The second-order valence-corrected chi connectivity index (χ2v) is 5.18. The highest BCUT2D eigenvalue weighted by molar-refractivity contribution is 5.03. The third-order valence-corrected chi connectivity index (χ3v) is 3.63. The molecule has 1 aromatic heterocycles. The number of aliphatic hydroxyl groups is 1. The van der Waals surface area contributed by atoms with Crippen LogP contribution >= 0.6 is 0 Å². The number of hydrogen-bond acceptors (Lipinski definition) is 3. The highest BCUT2D eigenvalue weighted by atomic mass is 16.3. The van der Waals surface area contributed by atoms with Crippen LogP contribution in [0.5, 0.6) is 0 Å². The van der Waals surface area contributed by atoms with Crippen molar-refractivity contribution in [2.45, 2.75) is 44.6 Å². The largest absolute Gasteiger partial charge is 0.469 e. The topological polar surface area (TPSA) is 36.6 Å². The maximum absolute atomic E-state index is 10.6. The van der Waals surface area contributed by atoms with E-state index in [4.69, 9.17) is 4.42 Å². The molecule has 0 radical (unpaired) electrons. The van der Waals surface area contributed by atoms with Crippen molar-refractivity contribution in [3.8, 4) is 0 Å². The van der Waals surface area contributed by atoms with Gasteiger partial charge in [-0.15, -0.1) is 0 Å². The monoisotopic (exact) mass is 237 g/mol. The molecule has 0 saturated carbocycles.